The molecule has 1 aromatic carbocycles. The second-order valence-electron chi connectivity index (χ2n) is 4.50. The summed E-state index contributed by atoms with van der Waals surface area (Å²) in [5.41, 5.74) is 1.24. The van der Waals surface area contributed by atoms with Crippen LogP contribution in [0.5, 0.6) is 0 Å². The summed E-state index contributed by atoms with van der Waals surface area (Å²) in [5, 5.41) is 5.40. The zero-order valence-electron chi connectivity index (χ0n) is 10.5. The number of nitrogens with one attached hydrogen (secondary N) is 2. The van der Waals surface area contributed by atoms with Gasteiger partial charge in [-0.25, -0.2) is 0 Å². The second kappa shape index (κ2) is 5.21. The van der Waals surface area contributed by atoms with Gasteiger partial charge in [-0.3, -0.25) is 4.79 Å². The molecule has 1 atom stereocenters. The number of hydrogen-bond donors (Lipinski definition) is 2. The summed E-state index contributed by atoms with van der Waals surface area (Å²) in [4.78, 5) is 11.4. The maximum atomic E-state index is 13.0. The molecule has 1 aliphatic rings. The number of rotatable bonds is 2. The Morgan fingerprint density at radius 1 is 1.47 bits per heavy atom. The number of benzene rings is 1. The fraction of sp³-hybridized carbons (Fsp3) is 0.462. The first kappa shape index (κ1) is 13.9. The summed E-state index contributed by atoms with van der Waals surface area (Å²) >= 11 is 0. The van der Waals surface area contributed by atoms with Crippen molar-refractivity contribution in [3.63, 3.8) is 0 Å². The van der Waals surface area contributed by atoms with Crippen LogP contribution in [0.4, 0.5) is 18.9 Å². The number of carbonyl (C=O) groups is 1. The minimum atomic E-state index is -4.28. The molecule has 0 aliphatic carbocycles. The monoisotopic (exact) mass is 272 g/mol. The fourth-order valence-electron chi connectivity index (χ4n) is 2.23. The normalized spacial score (nSPS) is 18.8. The first-order valence-electron chi connectivity index (χ1n) is 6.12. The van der Waals surface area contributed by atoms with Crippen LogP contribution < -0.4 is 10.6 Å². The van der Waals surface area contributed by atoms with E-state index >= 15 is 0 Å². The lowest BCUT2D eigenvalue weighted by Crippen LogP contribution is -2.37. The van der Waals surface area contributed by atoms with Crippen molar-refractivity contribution in [2.24, 2.45) is 0 Å². The SMILES string of the molecule is CCC(=O)Nc1cccc2c1CNCC2C(F)(F)F. The third kappa shape index (κ3) is 2.89. The Balaban J connectivity index is 2.38. The van der Waals surface area contributed by atoms with Crippen molar-refractivity contribution >= 4 is 11.6 Å². The highest BCUT2D eigenvalue weighted by molar-refractivity contribution is 5.91. The van der Waals surface area contributed by atoms with E-state index in [1.54, 1.807) is 19.1 Å². The molecule has 1 aromatic rings. The first-order valence-corrected chi connectivity index (χ1v) is 6.12. The molecule has 0 saturated carbocycles. The van der Waals surface area contributed by atoms with Gasteiger partial charge in [-0.1, -0.05) is 19.1 Å². The van der Waals surface area contributed by atoms with Crippen LogP contribution >= 0.6 is 0 Å². The molecule has 19 heavy (non-hydrogen) atoms. The van der Waals surface area contributed by atoms with Crippen LogP contribution in [0.25, 0.3) is 0 Å². The summed E-state index contributed by atoms with van der Waals surface area (Å²) in [5.74, 6) is -1.72. The van der Waals surface area contributed by atoms with E-state index in [1.165, 1.54) is 6.07 Å². The number of anilines is 1. The zero-order chi connectivity index (χ0) is 14.0. The van der Waals surface area contributed by atoms with E-state index in [2.05, 4.69) is 10.6 Å². The van der Waals surface area contributed by atoms with E-state index in [1.807, 2.05) is 0 Å². The van der Waals surface area contributed by atoms with Crippen LogP contribution in [0.15, 0.2) is 18.2 Å². The molecule has 0 radical (unpaired) electrons. The van der Waals surface area contributed by atoms with Crippen LogP contribution in [-0.4, -0.2) is 18.6 Å². The quantitative estimate of drug-likeness (QED) is 0.869. The zero-order valence-corrected chi connectivity index (χ0v) is 10.5. The number of carbonyl (C=O) groups excluding carboxylic acids is 1. The standard InChI is InChI=1S/C13H15F3N2O/c1-2-12(19)18-11-5-3-4-8-9(11)6-17-7-10(8)13(14,15)16/h3-5,10,17H,2,6-7H2,1H3,(H,18,19). The van der Waals surface area contributed by atoms with E-state index < -0.39 is 12.1 Å². The molecule has 1 amide bonds. The van der Waals surface area contributed by atoms with Gasteiger partial charge < -0.3 is 10.6 Å². The minimum absolute atomic E-state index is 0.123. The summed E-state index contributed by atoms with van der Waals surface area (Å²) in [7, 11) is 0. The van der Waals surface area contributed by atoms with Gasteiger partial charge in [0, 0.05) is 25.2 Å². The number of hydrogen-bond acceptors (Lipinski definition) is 2. The smallest absolute Gasteiger partial charge is 0.326 e. The fourth-order valence-corrected chi connectivity index (χ4v) is 2.23. The van der Waals surface area contributed by atoms with Gasteiger partial charge in [0.1, 0.15) is 0 Å². The van der Waals surface area contributed by atoms with Gasteiger partial charge in [0.05, 0.1) is 5.92 Å². The van der Waals surface area contributed by atoms with Crippen molar-refractivity contribution in [3.05, 3.63) is 29.3 Å². The maximum Gasteiger partial charge on any atom is 0.396 e. The molecule has 104 valence electrons. The van der Waals surface area contributed by atoms with Crippen molar-refractivity contribution in [2.75, 3.05) is 11.9 Å². The molecule has 0 bridgehead atoms. The van der Waals surface area contributed by atoms with Crippen molar-refractivity contribution < 1.29 is 18.0 Å². The molecule has 0 spiro atoms. The van der Waals surface area contributed by atoms with E-state index in [0.29, 0.717) is 24.2 Å². The highest BCUT2D eigenvalue weighted by Crippen LogP contribution is 2.39. The Morgan fingerprint density at radius 3 is 2.84 bits per heavy atom. The van der Waals surface area contributed by atoms with Crippen LogP contribution in [0, 0.1) is 0 Å². The predicted molar refractivity (Wildman–Crippen MR) is 65.9 cm³/mol. The lowest BCUT2D eigenvalue weighted by molar-refractivity contribution is -0.150. The molecule has 6 heteroatoms. The lowest BCUT2D eigenvalue weighted by atomic mass is 9.89. The van der Waals surface area contributed by atoms with E-state index in [4.69, 9.17) is 0 Å². The average Bonchev–Trinajstić information content (AvgIpc) is 2.37. The van der Waals surface area contributed by atoms with Crippen LogP contribution in [0.3, 0.4) is 0 Å². The Hall–Kier alpha value is -1.56. The van der Waals surface area contributed by atoms with E-state index in [9.17, 15) is 18.0 Å². The molecule has 0 aromatic heterocycles. The lowest BCUT2D eigenvalue weighted by Gasteiger charge is -2.29. The number of halogens is 3. The van der Waals surface area contributed by atoms with Gasteiger partial charge in [0.2, 0.25) is 5.91 Å². The summed E-state index contributed by atoms with van der Waals surface area (Å²) in [6, 6.07) is 4.66. The third-order valence-corrected chi connectivity index (χ3v) is 3.23. The Kier molecular flexibility index (Phi) is 3.80. The van der Waals surface area contributed by atoms with Gasteiger partial charge in [-0.05, 0) is 17.2 Å². The van der Waals surface area contributed by atoms with E-state index in [-0.39, 0.29) is 18.0 Å². The Labute approximate surface area is 109 Å². The Bertz CT molecular complexity index is 485. The highest BCUT2D eigenvalue weighted by Gasteiger charge is 2.43. The second-order valence-corrected chi connectivity index (χ2v) is 4.50. The maximum absolute atomic E-state index is 13.0. The largest absolute Gasteiger partial charge is 0.396 e. The number of amides is 1. The molecule has 0 fully saturated rings. The third-order valence-electron chi connectivity index (χ3n) is 3.23. The average molecular weight is 272 g/mol. The summed E-state index contributed by atoms with van der Waals surface area (Å²) in [6.07, 6.45) is -3.99. The highest BCUT2D eigenvalue weighted by atomic mass is 19.4. The van der Waals surface area contributed by atoms with Crippen molar-refractivity contribution in [2.45, 2.75) is 32.0 Å². The number of fused-ring (bicyclic) bond motifs is 1. The Morgan fingerprint density at radius 2 is 2.21 bits per heavy atom. The van der Waals surface area contributed by atoms with Gasteiger partial charge in [-0.15, -0.1) is 0 Å². The van der Waals surface area contributed by atoms with E-state index in [0.717, 1.165) is 0 Å². The van der Waals surface area contributed by atoms with Crippen LogP contribution in [-0.2, 0) is 11.3 Å². The molecule has 0 saturated heterocycles. The molecule has 1 heterocycles. The number of alkyl halides is 3. The van der Waals surface area contributed by atoms with Gasteiger partial charge in [0.15, 0.2) is 0 Å². The van der Waals surface area contributed by atoms with Crippen molar-refractivity contribution in [1.29, 1.82) is 0 Å². The van der Waals surface area contributed by atoms with Gasteiger partial charge in [-0.2, -0.15) is 13.2 Å². The van der Waals surface area contributed by atoms with Crippen molar-refractivity contribution in [1.82, 2.24) is 5.32 Å². The van der Waals surface area contributed by atoms with Crippen LogP contribution in [0.1, 0.15) is 30.4 Å². The van der Waals surface area contributed by atoms with Crippen LogP contribution in [0.2, 0.25) is 0 Å². The first-order chi connectivity index (χ1) is 8.93. The van der Waals surface area contributed by atoms with Gasteiger partial charge in [0.25, 0.3) is 0 Å². The molecular formula is C13H15F3N2O. The topological polar surface area (TPSA) is 41.1 Å². The molecular weight excluding hydrogens is 257 g/mol. The molecule has 2 N–H and O–H groups in total. The minimum Gasteiger partial charge on any atom is -0.326 e. The van der Waals surface area contributed by atoms with Crippen molar-refractivity contribution in [3.8, 4) is 0 Å². The summed E-state index contributed by atoms with van der Waals surface area (Å²) in [6.45, 7) is 1.91. The molecule has 3 nitrogen and oxygen atoms in total. The van der Waals surface area contributed by atoms with Gasteiger partial charge >= 0.3 is 6.18 Å². The molecule has 1 aliphatic heterocycles. The molecule has 1 unspecified atom stereocenters. The predicted octanol–water partition coefficient (Wildman–Crippen LogP) is 2.78. The summed E-state index contributed by atoms with van der Waals surface area (Å²) < 4.78 is 38.9. The molecule has 2 rings (SSSR count).